The van der Waals surface area contributed by atoms with Crippen molar-refractivity contribution in [1.29, 1.82) is 0 Å². The van der Waals surface area contributed by atoms with Crippen molar-refractivity contribution in [1.82, 2.24) is 5.32 Å². The van der Waals surface area contributed by atoms with Crippen molar-refractivity contribution in [3.05, 3.63) is 69.3 Å². The molecule has 9 heteroatoms. The van der Waals surface area contributed by atoms with E-state index in [1.165, 1.54) is 12.1 Å². The lowest BCUT2D eigenvalue weighted by Gasteiger charge is -2.10. The van der Waals surface area contributed by atoms with E-state index in [0.29, 0.717) is 11.1 Å². The van der Waals surface area contributed by atoms with Crippen LogP contribution in [0.1, 0.15) is 16.7 Å². The average molecular weight is 353 g/mol. The number of nitrogens with one attached hydrogen (secondary N) is 2. The maximum absolute atomic E-state index is 12.5. The van der Waals surface area contributed by atoms with Crippen LogP contribution in [-0.2, 0) is 12.7 Å². The van der Waals surface area contributed by atoms with Crippen LogP contribution in [0.25, 0.3) is 0 Å². The van der Waals surface area contributed by atoms with Crippen LogP contribution in [-0.4, -0.2) is 11.0 Å². The monoisotopic (exact) mass is 353 g/mol. The standard InChI is InChI=1S/C16H14F3N3O3/c1-10-8-11(2-7-14(10)22(24)25)9-20-15(23)21-13-5-3-12(4-6-13)16(17,18)19/h2-8H,9H2,1H3,(H2,20,21,23). The molecule has 0 spiro atoms. The molecular formula is C16H14F3N3O3. The Bertz CT molecular complexity index is 789. The Morgan fingerprint density at radius 1 is 1.16 bits per heavy atom. The number of carbonyl (C=O) groups is 1. The molecular weight excluding hydrogens is 339 g/mol. The molecule has 0 unspecified atom stereocenters. The minimum absolute atomic E-state index is 0.0158. The first-order valence-electron chi connectivity index (χ1n) is 7.13. The highest BCUT2D eigenvalue weighted by atomic mass is 19.4. The summed E-state index contributed by atoms with van der Waals surface area (Å²) in [4.78, 5) is 22.0. The summed E-state index contributed by atoms with van der Waals surface area (Å²) in [5.74, 6) is 0. The Balaban J connectivity index is 1.92. The second kappa shape index (κ2) is 7.20. The van der Waals surface area contributed by atoms with Gasteiger partial charge in [0.2, 0.25) is 0 Å². The molecule has 0 fully saturated rings. The molecule has 2 aromatic carbocycles. The smallest absolute Gasteiger partial charge is 0.334 e. The number of anilines is 1. The zero-order valence-electron chi connectivity index (χ0n) is 13.1. The van der Waals surface area contributed by atoms with Crippen LogP contribution >= 0.6 is 0 Å². The van der Waals surface area contributed by atoms with Gasteiger partial charge in [0.25, 0.3) is 5.69 Å². The number of aryl methyl sites for hydroxylation is 1. The van der Waals surface area contributed by atoms with Gasteiger partial charge in [-0.3, -0.25) is 10.1 Å². The number of hydrogen-bond donors (Lipinski definition) is 2. The number of nitro groups is 1. The first-order chi connectivity index (χ1) is 11.7. The van der Waals surface area contributed by atoms with Gasteiger partial charge in [-0.25, -0.2) is 4.79 Å². The molecule has 2 rings (SSSR count). The van der Waals surface area contributed by atoms with Gasteiger partial charge >= 0.3 is 12.2 Å². The SMILES string of the molecule is Cc1cc(CNC(=O)Nc2ccc(C(F)(F)F)cc2)ccc1[N+](=O)[O-]. The largest absolute Gasteiger partial charge is 0.416 e. The van der Waals surface area contributed by atoms with Crippen LogP contribution in [0.3, 0.4) is 0 Å². The molecule has 0 heterocycles. The fourth-order valence-electron chi connectivity index (χ4n) is 2.13. The summed E-state index contributed by atoms with van der Waals surface area (Å²) in [6.07, 6.45) is -4.44. The van der Waals surface area contributed by atoms with E-state index in [-0.39, 0.29) is 17.9 Å². The highest BCUT2D eigenvalue weighted by Crippen LogP contribution is 2.29. The lowest BCUT2D eigenvalue weighted by atomic mass is 10.1. The molecule has 0 bridgehead atoms. The number of rotatable bonds is 4. The van der Waals surface area contributed by atoms with Gasteiger partial charge in [-0.1, -0.05) is 6.07 Å². The molecule has 0 aliphatic rings. The fraction of sp³-hybridized carbons (Fsp3) is 0.188. The number of benzene rings is 2. The second-order valence-electron chi connectivity index (χ2n) is 5.26. The molecule has 0 radical (unpaired) electrons. The van der Waals surface area contributed by atoms with Gasteiger partial charge in [-0.05, 0) is 42.8 Å². The summed E-state index contributed by atoms with van der Waals surface area (Å²) < 4.78 is 37.4. The molecule has 132 valence electrons. The molecule has 25 heavy (non-hydrogen) atoms. The zero-order chi connectivity index (χ0) is 18.6. The Morgan fingerprint density at radius 2 is 1.80 bits per heavy atom. The van der Waals surface area contributed by atoms with E-state index in [1.807, 2.05) is 0 Å². The summed E-state index contributed by atoms with van der Waals surface area (Å²) in [5.41, 5.74) is 0.515. The van der Waals surface area contributed by atoms with Crippen molar-refractivity contribution < 1.29 is 22.9 Å². The van der Waals surface area contributed by atoms with Crippen LogP contribution in [0.5, 0.6) is 0 Å². The highest BCUT2D eigenvalue weighted by molar-refractivity contribution is 5.89. The molecule has 0 aromatic heterocycles. The third-order valence-electron chi connectivity index (χ3n) is 3.38. The van der Waals surface area contributed by atoms with Gasteiger partial charge < -0.3 is 10.6 Å². The lowest BCUT2D eigenvalue weighted by Crippen LogP contribution is -2.28. The summed E-state index contributed by atoms with van der Waals surface area (Å²) in [7, 11) is 0. The van der Waals surface area contributed by atoms with Crippen molar-refractivity contribution >= 4 is 17.4 Å². The Kier molecular flexibility index (Phi) is 5.26. The van der Waals surface area contributed by atoms with Crippen LogP contribution in [0.15, 0.2) is 42.5 Å². The summed E-state index contributed by atoms with van der Waals surface area (Å²) in [6.45, 7) is 1.70. The first-order valence-corrected chi connectivity index (χ1v) is 7.13. The molecule has 6 nitrogen and oxygen atoms in total. The van der Waals surface area contributed by atoms with E-state index in [1.54, 1.807) is 13.0 Å². The first kappa shape index (κ1) is 18.2. The van der Waals surface area contributed by atoms with E-state index in [0.717, 1.165) is 24.3 Å². The predicted octanol–water partition coefficient (Wildman–Crippen LogP) is 4.24. The fourth-order valence-corrected chi connectivity index (χ4v) is 2.13. The van der Waals surface area contributed by atoms with E-state index >= 15 is 0 Å². The highest BCUT2D eigenvalue weighted by Gasteiger charge is 2.29. The molecule has 0 saturated carbocycles. The van der Waals surface area contributed by atoms with Gasteiger partial charge in [0.15, 0.2) is 0 Å². The number of amides is 2. The quantitative estimate of drug-likeness (QED) is 0.637. The number of nitrogens with zero attached hydrogens (tertiary/aromatic N) is 1. The molecule has 2 amide bonds. The summed E-state index contributed by atoms with van der Waals surface area (Å²) in [5, 5.41) is 15.7. The van der Waals surface area contributed by atoms with Crippen molar-refractivity contribution in [3.63, 3.8) is 0 Å². The third kappa shape index (κ3) is 4.93. The van der Waals surface area contributed by atoms with Crippen molar-refractivity contribution in [2.24, 2.45) is 0 Å². The van der Waals surface area contributed by atoms with E-state index < -0.39 is 22.7 Å². The van der Waals surface area contributed by atoms with Crippen LogP contribution < -0.4 is 10.6 Å². The van der Waals surface area contributed by atoms with Crippen LogP contribution in [0.4, 0.5) is 29.3 Å². The maximum atomic E-state index is 12.5. The Morgan fingerprint density at radius 3 is 2.32 bits per heavy atom. The minimum atomic E-state index is -4.44. The summed E-state index contributed by atoms with van der Waals surface area (Å²) in [6, 6.07) is 7.89. The molecule has 0 aliphatic heterocycles. The topological polar surface area (TPSA) is 84.3 Å². The normalized spacial score (nSPS) is 11.0. The lowest BCUT2D eigenvalue weighted by molar-refractivity contribution is -0.385. The number of urea groups is 1. The van der Waals surface area contributed by atoms with Gasteiger partial charge in [0.1, 0.15) is 0 Å². The molecule has 0 aliphatic carbocycles. The number of carbonyl (C=O) groups excluding carboxylic acids is 1. The maximum Gasteiger partial charge on any atom is 0.416 e. The van der Waals surface area contributed by atoms with Crippen LogP contribution in [0.2, 0.25) is 0 Å². The van der Waals surface area contributed by atoms with E-state index in [9.17, 15) is 28.1 Å². The van der Waals surface area contributed by atoms with Crippen LogP contribution in [0, 0.1) is 17.0 Å². The molecule has 2 N–H and O–H groups in total. The number of halogens is 3. The van der Waals surface area contributed by atoms with Crippen molar-refractivity contribution in [2.45, 2.75) is 19.6 Å². The second-order valence-corrected chi connectivity index (χ2v) is 5.26. The van der Waals surface area contributed by atoms with E-state index in [2.05, 4.69) is 10.6 Å². The van der Waals surface area contributed by atoms with Gasteiger partial charge in [-0.2, -0.15) is 13.2 Å². The van der Waals surface area contributed by atoms with Gasteiger partial charge in [0.05, 0.1) is 10.5 Å². The Hall–Kier alpha value is -3.10. The average Bonchev–Trinajstić information content (AvgIpc) is 2.52. The van der Waals surface area contributed by atoms with E-state index in [4.69, 9.17) is 0 Å². The number of nitro benzene ring substituents is 1. The summed E-state index contributed by atoms with van der Waals surface area (Å²) >= 11 is 0. The van der Waals surface area contributed by atoms with Gasteiger partial charge in [-0.15, -0.1) is 0 Å². The third-order valence-corrected chi connectivity index (χ3v) is 3.38. The van der Waals surface area contributed by atoms with Gasteiger partial charge in [0, 0.05) is 23.9 Å². The number of hydrogen-bond acceptors (Lipinski definition) is 3. The predicted molar refractivity (Wildman–Crippen MR) is 85.1 cm³/mol. The minimum Gasteiger partial charge on any atom is -0.334 e. The molecule has 0 atom stereocenters. The number of alkyl halides is 3. The zero-order valence-corrected chi connectivity index (χ0v) is 13.1. The van der Waals surface area contributed by atoms with Crippen molar-refractivity contribution in [2.75, 3.05) is 5.32 Å². The molecule has 0 saturated heterocycles. The van der Waals surface area contributed by atoms with Crippen molar-refractivity contribution in [3.8, 4) is 0 Å². The molecule has 2 aromatic rings. The Labute approximate surface area is 140 Å².